The molecule has 8 heavy (non-hydrogen) atoms. The summed E-state index contributed by atoms with van der Waals surface area (Å²) in [6.07, 6.45) is 1.34. The van der Waals surface area contributed by atoms with Crippen LogP contribution in [0.4, 0.5) is 0 Å². The van der Waals surface area contributed by atoms with E-state index in [0.29, 0.717) is 13.2 Å². The number of hydrogen-bond acceptors (Lipinski definition) is 3. The van der Waals surface area contributed by atoms with E-state index in [4.69, 9.17) is 0 Å². The predicted octanol–water partition coefficient (Wildman–Crippen LogP) is 0.469. The molecule has 0 heterocycles. The lowest BCUT2D eigenvalue weighted by molar-refractivity contribution is 0.0760. The largest absolute Gasteiger partial charge is 0.394 e. The summed E-state index contributed by atoms with van der Waals surface area (Å²) in [5, 5.41) is 3.39. The fourth-order valence-corrected chi connectivity index (χ4v) is 0.226. The molecule has 0 unspecified atom stereocenters. The van der Waals surface area contributed by atoms with Gasteiger partial charge in [-0.3, -0.25) is 0 Å². The van der Waals surface area contributed by atoms with Crippen LogP contribution in [0.2, 0.25) is 0 Å². The molecular weight excluding hydrogens is 106 g/mol. The van der Waals surface area contributed by atoms with Crippen LogP contribution < -0.4 is 0 Å². The van der Waals surface area contributed by atoms with E-state index in [-0.39, 0.29) is 0 Å². The molecule has 47 valence electrons. The van der Waals surface area contributed by atoms with Gasteiger partial charge in [-0.15, -0.1) is 0 Å². The predicted molar refractivity (Wildman–Crippen MR) is 31.7 cm³/mol. The maximum absolute atomic E-state index is 4.67. The molecule has 0 aromatic carbocycles. The van der Waals surface area contributed by atoms with E-state index < -0.39 is 0 Å². The highest BCUT2D eigenvalue weighted by atomic mass is 16.6. The molecule has 0 aliphatic carbocycles. The van der Waals surface area contributed by atoms with Gasteiger partial charge < -0.3 is 9.57 Å². The highest BCUT2D eigenvalue weighted by molar-refractivity contribution is 5.60. The zero-order valence-electron chi connectivity index (χ0n) is 4.96. The maximum atomic E-state index is 4.67. The fourth-order valence-electron chi connectivity index (χ4n) is 0.226. The second kappa shape index (κ2) is 6.43. The second-order valence-corrected chi connectivity index (χ2v) is 1.11. The summed E-state index contributed by atoms with van der Waals surface area (Å²) < 4.78 is 4.67. The zero-order chi connectivity index (χ0) is 6.24. The van der Waals surface area contributed by atoms with E-state index in [9.17, 15) is 0 Å². The Morgan fingerprint density at radius 2 is 2.38 bits per heavy atom. The summed E-state index contributed by atoms with van der Waals surface area (Å²) in [6, 6.07) is 0. The SMILES string of the molecule is [CH2]/C=N/OCCOC. The molecule has 0 aliphatic rings. The zero-order valence-corrected chi connectivity index (χ0v) is 4.96. The number of nitrogens with zero attached hydrogens (tertiary/aromatic N) is 1. The molecule has 0 aromatic rings. The summed E-state index contributed by atoms with van der Waals surface area (Å²) in [7, 11) is 1.61. The normalized spacial score (nSPS) is 10.2. The molecule has 0 rings (SSSR count). The van der Waals surface area contributed by atoms with Crippen molar-refractivity contribution >= 4 is 6.21 Å². The molecule has 0 fully saturated rings. The van der Waals surface area contributed by atoms with Gasteiger partial charge in [0.2, 0.25) is 0 Å². The Bertz CT molecular complexity index is 63.4. The lowest BCUT2D eigenvalue weighted by atomic mass is 10.8. The number of methoxy groups -OCH3 is 1. The van der Waals surface area contributed by atoms with Gasteiger partial charge in [0, 0.05) is 13.3 Å². The molecule has 0 bridgehead atoms. The third-order valence-corrected chi connectivity index (χ3v) is 0.528. The first kappa shape index (κ1) is 7.43. The average Bonchev–Trinajstić information content (AvgIpc) is 1.81. The van der Waals surface area contributed by atoms with Gasteiger partial charge >= 0.3 is 0 Å². The minimum atomic E-state index is 0.489. The van der Waals surface area contributed by atoms with E-state index in [0.717, 1.165) is 0 Å². The van der Waals surface area contributed by atoms with Crippen LogP contribution in [-0.4, -0.2) is 26.5 Å². The van der Waals surface area contributed by atoms with Gasteiger partial charge in [-0.05, 0) is 6.92 Å². The lowest BCUT2D eigenvalue weighted by Gasteiger charge is -1.94. The topological polar surface area (TPSA) is 30.8 Å². The van der Waals surface area contributed by atoms with Crippen LogP contribution in [0.15, 0.2) is 5.16 Å². The molecule has 0 saturated heterocycles. The highest BCUT2D eigenvalue weighted by Crippen LogP contribution is 1.73. The molecule has 0 aliphatic heterocycles. The van der Waals surface area contributed by atoms with Gasteiger partial charge in [0.05, 0.1) is 6.61 Å². The van der Waals surface area contributed by atoms with Crippen molar-refractivity contribution in [2.45, 2.75) is 0 Å². The standard InChI is InChI=1S/C5H10NO2/c1-3-6-8-5-4-7-2/h3H,1,4-5H2,2H3/b6-3+. The smallest absolute Gasteiger partial charge is 0.140 e. The van der Waals surface area contributed by atoms with Crippen molar-refractivity contribution in [3.63, 3.8) is 0 Å². The minimum Gasteiger partial charge on any atom is -0.394 e. The van der Waals surface area contributed by atoms with Crippen LogP contribution in [0, 0.1) is 6.92 Å². The lowest BCUT2D eigenvalue weighted by Crippen LogP contribution is -1.96. The Kier molecular flexibility index (Phi) is 5.97. The van der Waals surface area contributed by atoms with Gasteiger partial charge in [0.25, 0.3) is 0 Å². The van der Waals surface area contributed by atoms with Crippen LogP contribution >= 0.6 is 0 Å². The Morgan fingerprint density at radius 3 is 2.88 bits per heavy atom. The van der Waals surface area contributed by atoms with Crippen molar-refractivity contribution in [2.24, 2.45) is 5.16 Å². The van der Waals surface area contributed by atoms with Crippen molar-refractivity contribution in [3.05, 3.63) is 6.92 Å². The third-order valence-electron chi connectivity index (χ3n) is 0.528. The van der Waals surface area contributed by atoms with Crippen molar-refractivity contribution < 1.29 is 9.57 Å². The first-order valence-electron chi connectivity index (χ1n) is 2.33. The maximum Gasteiger partial charge on any atom is 0.140 e. The molecule has 3 heteroatoms. The number of ether oxygens (including phenoxy) is 1. The third kappa shape index (κ3) is 5.43. The second-order valence-electron chi connectivity index (χ2n) is 1.11. The number of hydrogen-bond donors (Lipinski definition) is 0. The molecule has 0 atom stereocenters. The summed E-state index contributed by atoms with van der Waals surface area (Å²) in [6.45, 7) is 4.38. The van der Waals surface area contributed by atoms with E-state index in [1.807, 2.05) is 0 Å². The van der Waals surface area contributed by atoms with Gasteiger partial charge in [0.15, 0.2) is 0 Å². The summed E-state index contributed by atoms with van der Waals surface area (Å²) in [4.78, 5) is 4.61. The van der Waals surface area contributed by atoms with Gasteiger partial charge in [-0.2, -0.15) is 0 Å². The summed E-state index contributed by atoms with van der Waals surface area (Å²) in [5.74, 6) is 0. The molecule has 0 N–H and O–H groups in total. The number of oxime groups is 1. The monoisotopic (exact) mass is 116 g/mol. The Labute approximate surface area is 49.3 Å². The first-order chi connectivity index (χ1) is 3.91. The minimum absolute atomic E-state index is 0.489. The van der Waals surface area contributed by atoms with Crippen LogP contribution in [0.1, 0.15) is 0 Å². The molecule has 0 spiro atoms. The number of rotatable bonds is 4. The molecule has 0 amide bonds. The molecule has 1 radical (unpaired) electrons. The van der Waals surface area contributed by atoms with E-state index in [1.54, 1.807) is 7.11 Å². The average molecular weight is 116 g/mol. The van der Waals surface area contributed by atoms with Gasteiger partial charge in [-0.1, -0.05) is 5.16 Å². The van der Waals surface area contributed by atoms with Crippen molar-refractivity contribution in [1.82, 2.24) is 0 Å². The molecular formula is C5H10NO2. The summed E-state index contributed by atoms with van der Waals surface area (Å²) in [5.41, 5.74) is 0. The Morgan fingerprint density at radius 1 is 1.62 bits per heavy atom. The fraction of sp³-hybridized carbons (Fsp3) is 0.600. The van der Waals surface area contributed by atoms with Crippen LogP contribution in [0.5, 0.6) is 0 Å². The van der Waals surface area contributed by atoms with Crippen molar-refractivity contribution in [2.75, 3.05) is 20.3 Å². The van der Waals surface area contributed by atoms with Crippen LogP contribution in [-0.2, 0) is 9.57 Å². The van der Waals surface area contributed by atoms with E-state index in [1.165, 1.54) is 6.21 Å². The van der Waals surface area contributed by atoms with E-state index >= 15 is 0 Å². The molecule has 3 nitrogen and oxygen atoms in total. The quantitative estimate of drug-likeness (QED) is 0.303. The first-order valence-corrected chi connectivity index (χ1v) is 2.33. The molecule has 0 saturated carbocycles. The van der Waals surface area contributed by atoms with Gasteiger partial charge in [0.1, 0.15) is 6.61 Å². The van der Waals surface area contributed by atoms with Gasteiger partial charge in [-0.25, -0.2) is 0 Å². The molecule has 0 aromatic heterocycles. The Balaban J connectivity index is 2.72. The van der Waals surface area contributed by atoms with Crippen molar-refractivity contribution in [1.29, 1.82) is 0 Å². The summed E-state index contributed by atoms with van der Waals surface area (Å²) >= 11 is 0. The van der Waals surface area contributed by atoms with E-state index in [2.05, 4.69) is 21.7 Å². The van der Waals surface area contributed by atoms with Crippen LogP contribution in [0.3, 0.4) is 0 Å². The highest BCUT2D eigenvalue weighted by Gasteiger charge is 1.77. The van der Waals surface area contributed by atoms with Crippen LogP contribution in [0.25, 0.3) is 0 Å². The Hall–Kier alpha value is -0.570. The van der Waals surface area contributed by atoms with Crippen molar-refractivity contribution in [3.8, 4) is 0 Å².